The average Bonchev–Trinajstić information content (AvgIpc) is 3.91. The van der Waals surface area contributed by atoms with Crippen LogP contribution in [-0.4, -0.2) is 46.7 Å². The number of benzene rings is 6. The number of primary sulfonamides is 1. The Morgan fingerprint density at radius 2 is 1.15 bits per heavy atom. The molecule has 6 aromatic rings. The molecule has 0 saturated carbocycles. The van der Waals surface area contributed by atoms with Crippen LogP contribution in [0.5, 0.6) is 5.75 Å². The van der Waals surface area contributed by atoms with E-state index in [-0.39, 0.29) is 28.5 Å². The zero-order valence-electron chi connectivity index (χ0n) is 32.3. The van der Waals surface area contributed by atoms with E-state index in [4.69, 9.17) is 20.1 Å². The van der Waals surface area contributed by atoms with E-state index in [2.05, 4.69) is 28.1 Å². The lowest BCUT2D eigenvalue weighted by Crippen LogP contribution is -2.19. The van der Waals surface area contributed by atoms with Crippen molar-refractivity contribution >= 4 is 58.6 Å². The number of aliphatic hydroxyl groups excluding tert-OH is 1. The summed E-state index contributed by atoms with van der Waals surface area (Å²) in [5, 5.41) is 28.3. The Kier molecular flexibility index (Phi) is 12.4. The molecule has 11 nitrogen and oxygen atoms in total. The molecule has 2 unspecified atom stereocenters. The van der Waals surface area contributed by atoms with Crippen molar-refractivity contribution in [2.45, 2.75) is 41.3 Å². The molecule has 0 spiro atoms. The van der Waals surface area contributed by atoms with Gasteiger partial charge in [0.15, 0.2) is 9.84 Å². The number of hydrazone groups is 2. The number of sulfonamides is 1. The second-order valence-corrected chi connectivity index (χ2v) is 18.6. The highest BCUT2D eigenvalue weighted by atomic mass is 79.9. The highest BCUT2D eigenvalue weighted by Crippen LogP contribution is 2.39. The lowest BCUT2D eigenvalue weighted by Gasteiger charge is -2.24. The lowest BCUT2D eigenvalue weighted by molar-refractivity contribution is 0.282. The molecule has 302 valence electrons. The number of hydrogen-bond donors (Lipinski definition) is 2. The number of rotatable bonds is 10. The van der Waals surface area contributed by atoms with Crippen LogP contribution in [0, 0.1) is 0 Å². The quantitative estimate of drug-likeness (QED) is 0.139. The first-order valence-corrected chi connectivity index (χ1v) is 22.9. The van der Waals surface area contributed by atoms with Crippen LogP contribution in [-0.2, 0) is 26.5 Å². The largest absolute Gasteiger partial charge is 0.497 e. The minimum atomic E-state index is -3.74. The van der Waals surface area contributed by atoms with Crippen molar-refractivity contribution in [2.75, 3.05) is 23.4 Å². The summed E-state index contributed by atoms with van der Waals surface area (Å²) in [6, 6.07) is 47.1. The fourth-order valence-corrected chi connectivity index (χ4v) is 8.40. The molecule has 59 heavy (non-hydrogen) atoms. The molecular weight excluding hydrogens is 851 g/mol. The van der Waals surface area contributed by atoms with Crippen molar-refractivity contribution in [2.24, 2.45) is 15.3 Å². The summed E-state index contributed by atoms with van der Waals surface area (Å²) in [7, 11) is -5.36. The van der Waals surface area contributed by atoms with Gasteiger partial charge in [-0.05, 0) is 107 Å². The van der Waals surface area contributed by atoms with Gasteiger partial charge >= 0.3 is 0 Å². The number of halogens is 1. The van der Waals surface area contributed by atoms with Gasteiger partial charge in [0.25, 0.3) is 0 Å². The topological polar surface area (TPSA) is 155 Å². The maximum absolute atomic E-state index is 11.8. The monoisotopic (exact) mass is 891 g/mol. The Balaban J connectivity index is 0.000000179. The summed E-state index contributed by atoms with van der Waals surface area (Å²) in [6.07, 6.45) is 2.63. The van der Waals surface area contributed by atoms with Crippen molar-refractivity contribution in [3.05, 3.63) is 184 Å². The van der Waals surface area contributed by atoms with Gasteiger partial charge in [-0.25, -0.2) is 22.0 Å². The predicted octanol–water partition coefficient (Wildman–Crippen LogP) is 8.40. The Hall–Kier alpha value is -5.64. The zero-order valence-corrected chi connectivity index (χ0v) is 35.5. The third-order valence-electron chi connectivity index (χ3n) is 10.1. The Morgan fingerprint density at radius 1 is 0.661 bits per heavy atom. The van der Waals surface area contributed by atoms with E-state index in [9.17, 15) is 21.9 Å². The second kappa shape index (κ2) is 17.7. The van der Waals surface area contributed by atoms with Gasteiger partial charge in [-0.3, -0.25) is 10.0 Å². The average molecular weight is 893 g/mol. The molecule has 3 N–H and O–H groups in total. The summed E-state index contributed by atoms with van der Waals surface area (Å²) in [4.78, 5) is 0.360. The van der Waals surface area contributed by atoms with Crippen LogP contribution in [0.4, 0.5) is 11.4 Å². The Labute approximate surface area is 353 Å². The molecule has 0 aliphatic carbocycles. The number of aliphatic hydroxyl groups is 1. The predicted molar refractivity (Wildman–Crippen MR) is 236 cm³/mol. The number of sulfone groups is 1. The summed E-state index contributed by atoms with van der Waals surface area (Å²) in [5.41, 5.74) is 8.60. The van der Waals surface area contributed by atoms with E-state index >= 15 is 0 Å². The molecule has 14 heteroatoms. The minimum absolute atomic E-state index is 0.0172. The first-order chi connectivity index (χ1) is 28.3. The van der Waals surface area contributed by atoms with Crippen LogP contribution in [0.25, 0.3) is 0 Å². The molecule has 0 bridgehead atoms. The van der Waals surface area contributed by atoms with Gasteiger partial charge in [-0.1, -0.05) is 88.7 Å². The van der Waals surface area contributed by atoms with E-state index < -0.39 is 19.9 Å². The number of nitrogens with zero attached hydrogens (tertiary/aromatic N) is 4. The second-order valence-electron chi connectivity index (χ2n) is 14.1. The van der Waals surface area contributed by atoms with Gasteiger partial charge in [-0.15, -0.1) is 0 Å². The SMILES string of the molecule is COc1ccc(C2CC(c3ccccc3)=NN2c2ccc(S(N)(=O)=O)cc2)cc1.CS(=O)(=O)c1ccc(N2N=C(c3cccc(CO)c3)CC2c2ccc(Br)cc2)cc1. The van der Waals surface area contributed by atoms with Crippen LogP contribution >= 0.6 is 15.9 Å². The molecule has 0 amide bonds. The first kappa shape index (κ1) is 41.5. The maximum atomic E-state index is 11.8. The molecule has 2 aliphatic rings. The third kappa shape index (κ3) is 9.81. The van der Waals surface area contributed by atoms with E-state index in [0.29, 0.717) is 6.42 Å². The van der Waals surface area contributed by atoms with Crippen molar-refractivity contribution in [1.82, 2.24) is 0 Å². The smallest absolute Gasteiger partial charge is 0.238 e. The standard InChI is InChI=1S/C23H21BrN2O3S.C22H21N3O3S/c1-30(28,29)21-11-9-20(10-12-21)26-23(17-5-7-19(24)8-6-17)14-22(25-26)18-4-2-3-16(13-18)15-27;1-28-19-11-7-17(8-12-19)22-15-21(16-5-3-2-4-6-16)24-25(22)18-9-13-20(14-10-18)29(23,26)27/h2-13,23,27H,14-15H2,1H3;2-14,22H,15H2,1H3,(H2,23,26,27). The lowest BCUT2D eigenvalue weighted by atomic mass is 9.97. The summed E-state index contributed by atoms with van der Waals surface area (Å²) >= 11 is 3.48. The molecule has 6 aromatic carbocycles. The molecule has 2 heterocycles. The van der Waals surface area contributed by atoms with Gasteiger partial charge in [0.05, 0.1) is 58.4 Å². The number of nitrogens with two attached hydrogens (primary N) is 1. The van der Waals surface area contributed by atoms with Crippen LogP contribution in [0.1, 0.15) is 52.7 Å². The molecule has 0 radical (unpaired) electrons. The first-order valence-electron chi connectivity index (χ1n) is 18.6. The van der Waals surface area contributed by atoms with E-state index in [1.54, 1.807) is 43.5 Å². The van der Waals surface area contributed by atoms with Gasteiger partial charge in [0.2, 0.25) is 10.0 Å². The molecule has 0 saturated heterocycles. The van der Waals surface area contributed by atoms with Crippen LogP contribution in [0.3, 0.4) is 0 Å². The fraction of sp³-hybridized carbons (Fsp3) is 0.156. The van der Waals surface area contributed by atoms with Crippen molar-refractivity contribution in [3.63, 3.8) is 0 Å². The minimum Gasteiger partial charge on any atom is -0.497 e. The molecule has 2 atom stereocenters. The number of anilines is 2. The number of methoxy groups -OCH3 is 1. The summed E-state index contributed by atoms with van der Waals surface area (Å²) < 4.78 is 53.0. The normalized spacial score (nSPS) is 16.6. The van der Waals surface area contributed by atoms with Crippen molar-refractivity contribution in [1.29, 1.82) is 0 Å². The van der Waals surface area contributed by atoms with Crippen molar-refractivity contribution < 1.29 is 26.7 Å². The maximum Gasteiger partial charge on any atom is 0.238 e. The molecular formula is C45H42BrN5O6S2. The van der Waals surface area contributed by atoms with Crippen LogP contribution in [0.15, 0.2) is 176 Å². The number of ether oxygens (including phenoxy) is 1. The van der Waals surface area contributed by atoms with Gasteiger partial charge < -0.3 is 9.84 Å². The van der Waals surface area contributed by atoms with E-state index in [0.717, 1.165) is 67.3 Å². The summed E-state index contributed by atoms with van der Waals surface area (Å²) in [6.45, 7) is -0.0199. The van der Waals surface area contributed by atoms with Crippen LogP contribution in [0.2, 0.25) is 0 Å². The number of hydrogen-bond acceptors (Lipinski definition) is 10. The fourth-order valence-electron chi connectivity index (χ4n) is 6.99. The Morgan fingerprint density at radius 3 is 1.64 bits per heavy atom. The highest BCUT2D eigenvalue weighted by molar-refractivity contribution is 9.10. The third-order valence-corrected chi connectivity index (χ3v) is 12.7. The summed E-state index contributed by atoms with van der Waals surface area (Å²) in [5.74, 6) is 0.792. The molecule has 0 aromatic heterocycles. The van der Waals surface area contributed by atoms with Crippen molar-refractivity contribution in [3.8, 4) is 5.75 Å². The molecule has 2 aliphatic heterocycles. The highest BCUT2D eigenvalue weighted by Gasteiger charge is 2.31. The molecule has 0 fully saturated rings. The zero-order chi connectivity index (χ0) is 41.7. The van der Waals surface area contributed by atoms with Gasteiger partial charge in [-0.2, -0.15) is 10.2 Å². The van der Waals surface area contributed by atoms with E-state index in [1.165, 1.54) is 18.4 Å². The Bertz CT molecular complexity index is 2700. The molecule has 8 rings (SSSR count). The van der Waals surface area contributed by atoms with Gasteiger partial charge in [0.1, 0.15) is 5.75 Å². The van der Waals surface area contributed by atoms with Crippen LogP contribution < -0.4 is 19.9 Å². The van der Waals surface area contributed by atoms with E-state index in [1.807, 2.05) is 101 Å². The van der Waals surface area contributed by atoms with Gasteiger partial charge in [0, 0.05) is 23.6 Å².